The van der Waals surface area contributed by atoms with E-state index in [4.69, 9.17) is 0 Å². The topological polar surface area (TPSA) is 91.4 Å². The highest BCUT2D eigenvalue weighted by molar-refractivity contribution is 7.89. The third-order valence-electron chi connectivity index (χ3n) is 4.68. The Morgan fingerprint density at radius 2 is 1.93 bits per heavy atom. The summed E-state index contributed by atoms with van der Waals surface area (Å²) in [6.45, 7) is 3.86. The zero-order valence-electron chi connectivity index (χ0n) is 16.3. The van der Waals surface area contributed by atoms with Crippen molar-refractivity contribution in [2.24, 2.45) is 0 Å². The maximum atomic E-state index is 12.6. The van der Waals surface area contributed by atoms with Gasteiger partial charge in [-0.15, -0.1) is 24.8 Å². The molecule has 1 aliphatic heterocycles. The predicted octanol–water partition coefficient (Wildman–Crippen LogP) is 2.15. The van der Waals surface area contributed by atoms with Gasteiger partial charge >= 0.3 is 0 Å². The summed E-state index contributed by atoms with van der Waals surface area (Å²) in [5.74, 6) is -0.164. The number of amides is 1. The summed E-state index contributed by atoms with van der Waals surface area (Å²) in [6.07, 6.45) is 4.24. The Morgan fingerprint density at radius 3 is 2.52 bits per heavy atom. The van der Waals surface area contributed by atoms with Gasteiger partial charge < -0.3 is 10.2 Å². The summed E-state index contributed by atoms with van der Waals surface area (Å²) in [7, 11) is -1.86. The van der Waals surface area contributed by atoms with Crippen molar-refractivity contribution in [1.29, 1.82) is 0 Å². The average Bonchev–Trinajstić information content (AvgIpc) is 3.15. The first-order valence-electron chi connectivity index (χ1n) is 8.85. The van der Waals surface area contributed by atoms with Crippen LogP contribution >= 0.6 is 24.8 Å². The molecule has 0 saturated carbocycles. The fourth-order valence-corrected chi connectivity index (χ4v) is 4.32. The standard InChI is InChI=1S/C19H24N4O3S.2ClH/c1-14-11-20-9-7-16(14)13-23(2)19(24)15-3-5-18(6-4-15)27(25,26)22-17-8-10-21-12-17;;/h3-7,9,11,17,21-22H,8,10,12-13H2,1-2H3;2*1H/t17-;;/m1../s1. The molecule has 0 aliphatic carbocycles. The predicted molar refractivity (Wildman–Crippen MR) is 117 cm³/mol. The molecule has 1 saturated heterocycles. The van der Waals surface area contributed by atoms with E-state index in [9.17, 15) is 13.2 Å². The van der Waals surface area contributed by atoms with Crippen LogP contribution in [0, 0.1) is 6.92 Å². The maximum absolute atomic E-state index is 12.6. The number of hydrogen-bond donors (Lipinski definition) is 2. The Hall–Kier alpha value is -1.71. The molecule has 1 amide bonds. The van der Waals surface area contributed by atoms with Crippen molar-refractivity contribution in [2.75, 3.05) is 20.1 Å². The van der Waals surface area contributed by atoms with Gasteiger partial charge in [-0.1, -0.05) is 0 Å². The SMILES string of the molecule is Cc1cnccc1CN(C)C(=O)c1ccc(S(=O)(=O)N[C@@H]2CCNC2)cc1.Cl.Cl. The molecule has 0 spiro atoms. The lowest BCUT2D eigenvalue weighted by Gasteiger charge is -2.18. The van der Waals surface area contributed by atoms with E-state index in [0.717, 1.165) is 24.1 Å². The Kier molecular flexibility index (Phi) is 9.51. The first-order valence-corrected chi connectivity index (χ1v) is 10.3. The van der Waals surface area contributed by atoms with E-state index >= 15 is 0 Å². The second kappa shape index (κ2) is 10.9. The summed E-state index contributed by atoms with van der Waals surface area (Å²) >= 11 is 0. The van der Waals surface area contributed by atoms with Gasteiger partial charge in [0.25, 0.3) is 5.91 Å². The molecule has 29 heavy (non-hydrogen) atoms. The normalized spacial score (nSPS) is 15.9. The van der Waals surface area contributed by atoms with Gasteiger partial charge in [-0.3, -0.25) is 9.78 Å². The number of nitrogens with zero attached hydrogens (tertiary/aromatic N) is 2. The summed E-state index contributed by atoms with van der Waals surface area (Å²) in [4.78, 5) is 18.5. The Bertz CT molecular complexity index is 917. The van der Waals surface area contributed by atoms with Gasteiger partial charge in [-0.05, 0) is 61.3 Å². The van der Waals surface area contributed by atoms with E-state index in [-0.39, 0.29) is 41.7 Å². The fraction of sp³-hybridized carbons (Fsp3) is 0.368. The maximum Gasteiger partial charge on any atom is 0.253 e. The number of carbonyl (C=O) groups is 1. The monoisotopic (exact) mass is 460 g/mol. The minimum absolute atomic E-state index is 0. The van der Waals surface area contributed by atoms with E-state index < -0.39 is 10.0 Å². The zero-order valence-corrected chi connectivity index (χ0v) is 18.7. The number of sulfonamides is 1. The van der Waals surface area contributed by atoms with E-state index in [0.29, 0.717) is 18.7 Å². The molecule has 0 bridgehead atoms. The molecule has 2 heterocycles. The van der Waals surface area contributed by atoms with Gasteiger partial charge in [0.05, 0.1) is 4.90 Å². The summed E-state index contributed by atoms with van der Waals surface area (Å²) in [6, 6.07) is 7.86. The molecule has 3 rings (SSSR count). The lowest BCUT2D eigenvalue weighted by molar-refractivity contribution is 0.0785. The van der Waals surface area contributed by atoms with Crippen molar-refractivity contribution in [2.45, 2.75) is 30.8 Å². The number of benzene rings is 1. The molecular formula is C19H26Cl2N4O3S. The van der Waals surface area contributed by atoms with Gasteiger partial charge in [-0.25, -0.2) is 13.1 Å². The first-order chi connectivity index (χ1) is 12.9. The van der Waals surface area contributed by atoms with Crippen LogP contribution in [0.2, 0.25) is 0 Å². The van der Waals surface area contributed by atoms with Crippen LogP contribution in [0.5, 0.6) is 0 Å². The minimum Gasteiger partial charge on any atom is -0.337 e. The van der Waals surface area contributed by atoms with Gasteiger partial charge in [-0.2, -0.15) is 0 Å². The highest BCUT2D eigenvalue weighted by atomic mass is 35.5. The van der Waals surface area contributed by atoms with Crippen molar-refractivity contribution in [3.05, 3.63) is 59.4 Å². The zero-order chi connectivity index (χ0) is 19.4. The Labute approximate surface area is 184 Å². The van der Waals surface area contributed by atoms with Gasteiger partial charge in [0, 0.05) is 44.1 Å². The molecule has 0 radical (unpaired) electrons. The molecule has 1 aromatic heterocycles. The van der Waals surface area contributed by atoms with Crippen molar-refractivity contribution >= 4 is 40.7 Å². The van der Waals surface area contributed by atoms with Gasteiger partial charge in [0.1, 0.15) is 0 Å². The fourth-order valence-electron chi connectivity index (χ4n) is 3.05. The van der Waals surface area contributed by atoms with Crippen LogP contribution in [0.4, 0.5) is 0 Å². The highest BCUT2D eigenvalue weighted by Crippen LogP contribution is 2.15. The number of pyridine rings is 1. The van der Waals surface area contributed by atoms with E-state index in [2.05, 4.69) is 15.0 Å². The molecule has 2 N–H and O–H groups in total. The van der Waals surface area contributed by atoms with Crippen molar-refractivity contribution < 1.29 is 13.2 Å². The molecule has 1 aromatic carbocycles. The van der Waals surface area contributed by atoms with Crippen LogP contribution in [-0.2, 0) is 16.6 Å². The Morgan fingerprint density at radius 1 is 1.24 bits per heavy atom. The Balaban J connectivity index is 0.00000210. The van der Waals surface area contributed by atoms with E-state index in [1.807, 2.05) is 13.0 Å². The van der Waals surface area contributed by atoms with E-state index in [1.54, 1.807) is 36.5 Å². The van der Waals surface area contributed by atoms with Crippen LogP contribution in [0.3, 0.4) is 0 Å². The second-order valence-corrected chi connectivity index (χ2v) is 8.51. The van der Waals surface area contributed by atoms with Gasteiger partial charge in [0.2, 0.25) is 10.0 Å². The lowest BCUT2D eigenvalue weighted by Crippen LogP contribution is -2.36. The van der Waals surface area contributed by atoms with Gasteiger partial charge in [0.15, 0.2) is 0 Å². The smallest absolute Gasteiger partial charge is 0.253 e. The molecule has 1 aliphatic rings. The van der Waals surface area contributed by atoms with Crippen LogP contribution in [0.25, 0.3) is 0 Å². The number of nitrogens with one attached hydrogen (secondary N) is 2. The number of aromatic nitrogens is 1. The number of aryl methyl sites for hydroxylation is 1. The summed E-state index contributed by atoms with van der Waals surface area (Å²) in [5, 5.41) is 3.13. The number of hydrogen-bond acceptors (Lipinski definition) is 5. The van der Waals surface area contributed by atoms with Crippen LogP contribution < -0.4 is 10.0 Å². The quantitative estimate of drug-likeness (QED) is 0.688. The third kappa shape index (κ3) is 6.38. The van der Waals surface area contributed by atoms with Crippen molar-refractivity contribution in [1.82, 2.24) is 19.9 Å². The molecule has 0 unspecified atom stereocenters. The second-order valence-electron chi connectivity index (χ2n) is 6.80. The summed E-state index contributed by atoms with van der Waals surface area (Å²) in [5.41, 5.74) is 2.49. The molecular weight excluding hydrogens is 435 g/mol. The van der Waals surface area contributed by atoms with Crippen LogP contribution in [0.15, 0.2) is 47.6 Å². The van der Waals surface area contributed by atoms with Crippen LogP contribution in [-0.4, -0.2) is 50.4 Å². The molecule has 10 heteroatoms. The van der Waals surface area contributed by atoms with Crippen molar-refractivity contribution in [3.8, 4) is 0 Å². The molecule has 1 atom stereocenters. The van der Waals surface area contributed by atoms with E-state index in [1.165, 1.54) is 12.1 Å². The number of carbonyl (C=O) groups excluding carboxylic acids is 1. The molecule has 1 fully saturated rings. The number of halogens is 2. The third-order valence-corrected chi connectivity index (χ3v) is 6.22. The lowest BCUT2D eigenvalue weighted by atomic mass is 10.1. The average molecular weight is 461 g/mol. The highest BCUT2D eigenvalue weighted by Gasteiger charge is 2.23. The largest absolute Gasteiger partial charge is 0.337 e. The summed E-state index contributed by atoms with van der Waals surface area (Å²) < 4.78 is 27.6. The van der Waals surface area contributed by atoms with Crippen molar-refractivity contribution in [3.63, 3.8) is 0 Å². The molecule has 160 valence electrons. The van der Waals surface area contributed by atoms with Crippen LogP contribution in [0.1, 0.15) is 27.9 Å². The first kappa shape index (κ1) is 25.3. The molecule has 2 aromatic rings. The number of rotatable bonds is 6. The minimum atomic E-state index is -3.58. The molecule has 7 nitrogen and oxygen atoms in total.